The SMILES string of the molecule is CC(C)(C)NCc1ncc(-c2cc3ccccc3s2)[nH]1. The van der Waals surface area contributed by atoms with E-state index in [1.165, 1.54) is 15.0 Å². The van der Waals surface area contributed by atoms with Crippen molar-refractivity contribution < 1.29 is 0 Å². The van der Waals surface area contributed by atoms with Crippen LogP contribution in [0.4, 0.5) is 0 Å². The Labute approximate surface area is 123 Å². The molecule has 0 saturated heterocycles. The van der Waals surface area contributed by atoms with Crippen LogP contribution in [0.1, 0.15) is 26.6 Å². The minimum Gasteiger partial charge on any atom is -0.340 e. The zero-order chi connectivity index (χ0) is 14.2. The highest BCUT2D eigenvalue weighted by Gasteiger charge is 2.11. The number of nitrogens with one attached hydrogen (secondary N) is 2. The summed E-state index contributed by atoms with van der Waals surface area (Å²) in [5.74, 6) is 0.979. The molecule has 0 radical (unpaired) electrons. The first kappa shape index (κ1) is 13.3. The number of nitrogens with zero attached hydrogens (tertiary/aromatic N) is 1. The molecule has 104 valence electrons. The molecule has 2 heterocycles. The van der Waals surface area contributed by atoms with Crippen LogP contribution in [0, 0.1) is 0 Å². The molecule has 0 aliphatic rings. The van der Waals surface area contributed by atoms with E-state index in [4.69, 9.17) is 0 Å². The Kier molecular flexibility index (Phi) is 3.36. The number of rotatable bonds is 3. The van der Waals surface area contributed by atoms with Crippen molar-refractivity contribution in [1.82, 2.24) is 15.3 Å². The first-order valence-corrected chi connectivity index (χ1v) is 7.61. The molecular weight excluding hydrogens is 266 g/mol. The maximum Gasteiger partial charge on any atom is 0.120 e. The molecule has 0 amide bonds. The standard InChI is InChI=1S/C16H19N3S/c1-16(2,3)18-10-15-17-9-12(19-15)14-8-11-6-4-5-7-13(11)20-14/h4-9,18H,10H2,1-3H3,(H,17,19). The molecule has 0 atom stereocenters. The average Bonchev–Trinajstić information content (AvgIpc) is 3.01. The van der Waals surface area contributed by atoms with E-state index in [1.807, 2.05) is 6.20 Å². The summed E-state index contributed by atoms with van der Waals surface area (Å²) >= 11 is 1.80. The van der Waals surface area contributed by atoms with Gasteiger partial charge in [0.15, 0.2) is 0 Å². The fourth-order valence-corrected chi connectivity index (χ4v) is 3.07. The molecule has 4 heteroatoms. The van der Waals surface area contributed by atoms with Gasteiger partial charge in [0, 0.05) is 10.2 Å². The predicted octanol–water partition coefficient (Wildman–Crippen LogP) is 4.18. The van der Waals surface area contributed by atoms with Crippen molar-refractivity contribution in [2.24, 2.45) is 0 Å². The number of thiophene rings is 1. The number of hydrogen-bond donors (Lipinski definition) is 2. The van der Waals surface area contributed by atoms with Gasteiger partial charge >= 0.3 is 0 Å². The smallest absolute Gasteiger partial charge is 0.120 e. The summed E-state index contributed by atoms with van der Waals surface area (Å²) in [7, 11) is 0. The lowest BCUT2D eigenvalue weighted by Gasteiger charge is -2.19. The molecule has 0 aliphatic carbocycles. The molecule has 0 unspecified atom stereocenters. The topological polar surface area (TPSA) is 40.7 Å². The van der Waals surface area contributed by atoms with E-state index in [0.29, 0.717) is 0 Å². The second-order valence-corrected chi connectivity index (χ2v) is 7.08. The molecule has 2 aromatic heterocycles. The number of fused-ring (bicyclic) bond motifs is 1. The van der Waals surface area contributed by atoms with E-state index in [2.05, 4.69) is 66.4 Å². The Hall–Kier alpha value is -1.65. The van der Waals surface area contributed by atoms with Crippen LogP contribution in [0.15, 0.2) is 36.5 Å². The number of hydrogen-bond acceptors (Lipinski definition) is 3. The van der Waals surface area contributed by atoms with Gasteiger partial charge in [0.1, 0.15) is 5.82 Å². The van der Waals surface area contributed by atoms with Gasteiger partial charge in [0.25, 0.3) is 0 Å². The molecule has 0 bridgehead atoms. The molecule has 0 aliphatic heterocycles. The van der Waals surface area contributed by atoms with E-state index in [0.717, 1.165) is 18.1 Å². The summed E-state index contributed by atoms with van der Waals surface area (Å²) in [6, 6.07) is 10.7. The molecule has 20 heavy (non-hydrogen) atoms. The number of aromatic nitrogens is 2. The molecule has 1 aromatic carbocycles. The van der Waals surface area contributed by atoms with Crippen LogP contribution in [0.2, 0.25) is 0 Å². The summed E-state index contributed by atoms with van der Waals surface area (Å²) in [6.07, 6.45) is 1.92. The highest BCUT2D eigenvalue weighted by atomic mass is 32.1. The van der Waals surface area contributed by atoms with Crippen molar-refractivity contribution in [2.75, 3.05) is 0 Å². The van der Waals surface area contributed by atoms with Gasteiger partial charge in [-0.25, -0.2) is 4.98 Å². The average molecular weight is 285 g/mol. The molecule has 0 saturated carbocycles. The molecule has 3 rings (SSSR count). The molecule has 3 aromatic rings. The van der Waals surface area contributed by atoms with E-state index < -0.39 is 0 Å². The van der Waals surface area contributed by atoms with Crippen LogP contribution in [0.5, 0.6) is 0 Å². The minimum absolute atomic E-state index is 0.102. The van der Waals surface area contributed by atoms with Gasteiger partial charge in [-0.2, -0.15) is 0 Å². The molecule has 3 nitrogen and oxygen atoms in total. The highest BCUT2D eigenvalue weighted by Crippen LogP contribution is 2.32. The molecule has 0 spiro atoms. The van der Waals surface area contributed by atoms with Crippen molar-refractivity contribution in [3.63, 3.8) is 0 Å². The van der Waals surface area contributed by atoms with E-state index in [-0.39, 0.29) is 5.54 Å². The second-order valence-electron chi connectivity index (χ2n) is 6.00. The monoisotopic (exact) mass is 285 g/mol. The number of H-pyrrole nitrogens is 1. The predicted molar refractivity (Wildman–Crippen MR) is 86.0 cm³/mol. The van der Waals surface area contributed by atoms with E-state index >= 15 is 0 Å². The van der Waals surface area contributed by atoms with Crippen LogP contribution in [-0.4, -0.2) is 15.5 Å². The van der Waals surface area contributed by atoms with Crippen molar-refractivity contribution >= 4 is 21.4 Å². The van der Waals surface area contributed by atoms with Crippen LogP contribution in [0.25, 0.3) is 20.7 Å². The normalized spacial score (nSPS) is 12.2. The zero-order valence-corrected chi connectivity index (χ0v) is 12.8. The zero-order valence-electron chi connectivity index (χ0n) is 12.0. The van der Waals surface area contributed by atoms with E-state index in [9.17, 15) is 0 Å². The van der Waals surface area contributed by atoms with Crippen LogP contribution >= 0.6 is 11.3 Å². The van der Waals surface area contributed by atoms with Gasteiger partial charge in [-0.05, 0) is 38.3 Å². The molecular formula is C16H19N3S. The Morgan fingerprint density at radius 3 is 2.80 bits per heavy atom. The second kappa shape index (κ2) is 5.04. The van der Waals surface area contributed by atoms with Gasteiger partial charge in [0.2, 0.25) is 0 Å². The summed E-state index contributed by atoms with van der Waals surface area (Å²) < 4.78 is 1.31. The highest BCUT2D eigenvalue weighted by molar-refractivity contribution is 7.22. The van der Waals surface area contributed by atoms with Crippen LogP contribution in [-0.2, 0) is 6.54 Å². The van der Waals surface area contributed by atoms with Gasteiger partial charge in [-0.15, -0.1) is 11.3 Å². The number of benzene rings is 1. The van der Waals surface area contributed by atoms with Gasteiger partial charge in [-0.3, -0.25) is 0 Å². The first-order chi connectivity index (χ1) is 9.51. The largest absolute Gasteiger partial charge is 0.340 e. The van der Waals surface area contributed by atoms with Crippen molar-refractivity contribution in [1.29, 1.82) is 0 Å². The Morgan fingerprint density at radius 2 is 2.05 bits per heavy atom. The van der Waals surface area contributed by atoms with Crippen molar-refractivity contribution in [3.05, 3.63) is 42.4 Å². The van der Waals surface area contributed by atoms with Crippen molar-refractivity contribution in [3.8, 4) is 10.6 Å². The first-order valence-electron chi connectivity index (χ1n) is 6.79. The summed E-state index contributed by atoms with van der Waals surface area (Å²) in [5.41, 5.74) is 1.20. The Bertz CT molecular complexity index is 685. The van der Waals surface area contributed by atoms with Gasteiger partial charge in [0.05, 0.1) is 23.3 Å². The lowest BCUT2D eigenvalue weighted by atomic mass is 10.1. The molecule has 2 N–H and O–H groups in total. The van der Waals surface area contributed by atoms with Gasteiger partial charge in [-0.1, -0.05) is 18.2 Å². The summed E-state index contributed by atoms with van der Waals surface area (Å²) in [5, 5.41) is 4.73. The lowest BCUT2D eigenvalue weighted by Crippen LogP contribution is -2.35. The van der Waals surface area contributed by atoms with Crippen LogP contribution < -0.4 is 5.32 Å². The van der Waals surface area contributed by atoms with Gasteiger partial charge < -0.3 is 10.3 Å². The maximum atomic E-state index is 4.45. The fourth-order valence-electron chi connectivity index (χ4n) is 2.04. The van der Waals surface area contributed by atoms with E-state index in [1.54, 1.807) is 11.3 Å². The maximum absolute atomic E-state index is 4.45. The third-order valence-electron chi connectivity index (χ3n) is 3.11. The fraction of sp³-hybridized carbons (Fsp3) is 0.312. The summed E-state index contributed by atoms with van der Waals surface area (Å²) in [4.78, 5) is 9.09. The van der Waals surface area contributed by atoms with Crippen molar-refractivity contribution in [2.45, 2.75) is 32.9 Å². The lowest BCUT2D eigenvalue weighted by molar-refractivity contribution is 0.418. The number of aromatic amines is 1. The quantitative estimate of drug-likeness (QED) is 0.758. The third kappa shape index (κ3) is 2.92. The molecule has 0 fully saturated rings. The Balaban J connectivity index is 1.82. The third-order valence-corrected chi connectivity index (χ3v) is 4.25. The summed E-state index contributed by atoms with van der Waals surface area (Å²) in [6.45, 7) is 7.23. The van der Waals surface area contributed by atoms with Crippen LogP contribution in [0.3, 0.4) is 0 Å². The Morgan fingerprint density at radius 1 is 1.25 bits per heavy atom. The minimum atomic E-state index is 0.102. The number of imidazole rings is 1.